The number of anilines is 1. The van der Waals surface area contributed by atoms with E-state index in [2.05, 4.69) is 10.1 Å². The summed E-state index contributed by atoms with van der Waals surface area (Å²) >= 11 is 0. The number of nitrogens with zero attached hydrogens (tertiary/aromatic N) is 5. The first-order valence-electron chi connectivity index (χ1n) is 11.1. The van der Waals surface area contributed by atoms with E-state index in [1.807, 2.05) is 11.0 Å². The molecule has 2 aliphatic heterocycles. The lowest BCUT2D eigenvalue weighted by atomic mass is 10.1. The van der Waals surface area contributed by atoms with Crippen LogP contribution in [-0.2, 0) is 15.7 Å². The highest BCUT2D eigenvalue weighted by Crippen LogP contribution is 2.33. The first-order valence-corrected chi connectivity index (χ1v) is 11.1. The first kappa shape index (κ1) is 24.5. The Morgan fingerprint density at radius 2 is 1.94 bits per heavy atom. The quantitative estimate of drug-likeness (QED) is 0.647. The van der Waals surface area contributed by atoms with Gasteiger partial charge in [-0.25, -0.2) is 10.1 Å². The number of ether oxygens (including phenoxy) is 2. The maximum absolute atomic E-state index is 13.1. The average molecular weight is 492 g/mol. The summed E-state index contributed by atoms with van der Waals surface area (Å²) in [6.45, 7) is 2.08. The van der Waals surface area contributed by atoms with Gasteiger partial charge >= 0.3 is 6.18 Å². The number of hydrogen-bond donors (Lipinski definition) is 1. The molecular formula is C22H23F3N6O4. The minimum absolute atomic E-state index is 0.0536. The number of H-pyrrole nitrogens is 1. The minimum atomic E-state index is -4.88. The summed E-state index contributed by atoms with van der Waals surface area (Å²) in [5, 5.41) is 14.0. The molecular weight excluding hydrogens is 469 g/mol. The molecule has 10 nitrogen and oxygen atoms in total. The Balaban J connectivity index is 1.23. The van der Waals surface area contributed by atoms with Crippen molar-refractivity contribution in [2.45, 2.75) is 37.6 Å². The van der Waals surface area contributed by atoms with Crippen molar-refractivity contribution < 1.29 is 27.4 Å². The minimum Gasteiger partial charge on any atom is -0.488 e. The average Bonchev–Trinajstić information content (AvgIpc) is 3.29. The molecule has 0 unspecified atom stereocenters. The number of pyridine rings is 1. The lowest BCUT2D eigenvalue weighted by molar-refractivity contribution is -0.141. The van der Waals surface area contributed by atoms with E-state index in [-0.39, 0.29) is 25.0 Å². The zero-order valence-electron chi connectivity index (χ0n) is 18.6. The second kappa shape index (κ2) is 10.3. The number of carbonyl (C=O) groups is 1. The van der Waals surface area contributed by atoms with Crippen LogP contribution in [0.4, 0.5) is 19.0 Å². The van der Waals surface area contributed by atoms with Crippen molar-refractivity contribution in [3.8, 4) is 11.8 Å². The van der Waals surface area contributed by atoms with Gasteiger partial charge in [0.15, 0.2) is 11.3 Å². The van der Waals surface area contributed by atoms with Gasteiger partial charge in [-0.2, -0.15) is 23.5 Å². The Hall–Kier alpha value is -3.66. The summed E-state index contributed by atoms with van der Waals surface area (Å²) in [7, 11) is 0. The number of amides is 1. The number of nitrogens with one attached hydrogen (secondary N) is 1. The van der Waals surface area contributed by atoms with E-state index in [1.54, 1.807) is 22.1 Å². The highest BCUT2D eigenvalue weighted by Gasteiger charge is 2.39. The topological polar surface area (TPSA) is 124 Å². The standard InChI is InChI=1S/C22H23F3N6O4/c23-22(24,25)20-17(12-28-29-21(20)33)34-13-16-3-2-15(35-16)9-19(32)31-7-5-30(6-8-31)18-4-1-14(10-26)11-27-18/h1,4,11-12,15-16H,2-3,5-9,13H2,(H,29,33)/t15-,16+/m0/s1. The van der Waals surface area contributed by atoms with Gasteiger partial charge in [-0.3, -0.25) is 9.59 Å². The number of nitriles is 1. The van der Waals surface area contributed by atoms with Crippen LogP contribution in [0.3, 0.4) is 0 Å². The highest BCUT2D eigenvalue weighted by atomic mass is 19.4. The van der Waals surface area contributed by atoms with E-state index in [0.717, 1.165) is 12.0 Å². The molecule has 2 aromatic rings. The summed E-state index contributed by atoms with van der Waals surface area (Å²) < 4.78 is 50.4. The summed E-state index contributed by atoms with van der Waals surface area (Å²) in [6, 6.07) is 5.51. The van der Waals surface area contributed by atoms with Crippen molar-refractivity contribution in [1.29, 1.82) is 5.26 Å². The molecule has 0 aliphatic carbocycles. The molecule has 0 radical (unpaired) electrons. The third-order valence-electron chi connectivity index (χ3n) is 5.96. The molecule has 35 heavy (non-hydrogen) atoms. The first-order chi connectivity index (χ1) is 16.7. The number of carbonyl (C=O) groups excluding carboxylic acids is 1. The molecule has 0 spiro atoms. The molecule has 2 aromatic heterocycles. The second-order valence-corrected chi connectivity index (χ2v) is 8.29. The normalized spacial score (nSPS) is 20.5. The molecule has 1 amide bonds. The zero-order chi connectivity index (χ0) is 25.0. The predicted octanol–water partition coefficient (Wildman–Crippen LogP) is 1.72. The van der Waals surface area contributed by atoms with Crippen molar-refractivity contribution in [3.63, 3.8) is 0 Å². The number of rotatable bonds is 6. The molecule has 186 valence electrons. The fourth-order valence-electron chi connectivity index (χ4n) is 4.14. The molecule has 0 aromatic carbocycles. The third kappa shape index (κ3) is 5.89. The zero-order valence-corrected chi connectivity index (χ0v) is 18.6. The monoisotopic (exact) mass is 492 g/mol. The third-order valence-corrected chi connectivity index (χ3v) is 5.96. The molecule has 0 bridgehead atoms. The van der Waals surface area contributed by atoms with Gasteiger partial charge in [-0.15, -0.1) is 0 Å². The smallest absolute Gasteiger partial charge is 0.425 e. The maximum atomic E-state index is 13.1. The van der Waals surface area contributed by atoms with Gasteiger partial charge in [0.1, 0.15) is 18.5 Å². The Kier molecular flexibility index (Phi) is 7.20. The molecule has 2 aliphatic rings. The molecule has 1 N–H and O–H groups in total. The number of hydrogen-bond acceptors (Lipinski definition) is 8. The van der Waals surface area contributed by atoms with Crippen LogP contribution in [0.5, 0.6) is 5.75 Å². The van der Waals surface area contributed by atoms with Crippen LogP contribution in [0.2, 0.25) is 0 Å². The van der Waals surface area contributed by atoms with Crippen molar-refractivity contribution in [2.24, 2.45) is 0 Å². The molecule has 0 saturated carbocycles. The molecule has 2 saturated heterocycles. The van der Waals surface area contributed by atoms with E-state index < -0.39 is 29.2 Å². The van der Waals surface area contributed by atoms with E-state index in [9.17, 15) is 22.8 Å². The lowest BCUT2D eigenvalue weighted by Gasteiger charge is -2.35. The number of aromatic amines is 1. The highest BCUT2D eigenvalue weighted by molar-refractivity contribution is 5.77. The molecule has 2 fully saturated rings. The van der Waals surface area contributed by atoms with Crippen LogP contribution in [-0.4, -0.2) is 71.0 Å². The molecule has 4 heterocycles. The van der Waals surface area contributed by atoms with E-state index in [1.165, 1.54) is 6.20 Å². The van der Waals surface area contributed by atoms with E-state index in [4.69, 9.17) is 14.7 Å². The van der Waals surface area contributed by atoms with Crippen molar-refractivity contribution in [1.82, 2.24) is 20.1 Å². The van der Waals surface area contributed by atoms with Gasteiger partial charge in [0.2, 0.25) is 5.91 Å². The predicted molar refractivity (Wildman–Crippen MR) is 116 cm³/mol. The fraction of sp³-hybridized carbons (Fsp3) is 0.500. The Morgan fingerprint density at radius 1 is 1.20 bits per heavy atom. The second-order valence-electron chi connectivity index (χ2n) is 8.29. The van der Waals surface area contributed by atoms with E-state index in [0.29, 0.717) is 44.6 Å². The van der Waals surface area contributed by atoms with Gasteiger partial charge in [0, 0.05) is 32.4 Å². The van der Waals surface area contributed by atoms with E-state index >= 15 is 0 Å². The van der Waals surface area contributed by atoms with Gasteiger partial charge in [-0.05, 0) is 25.0 Å². The van der Waals surface area contributed by atoms with Gasteiger partial charge in [-0.1, -0.05) is 0 Å². The Labute approximate surface area is 198 Å². The van der Waals surface area contributed by atoms with Gasteiger partial charge in [0.05, 0.1) is 30.4 Å². The SMILES string of the molecule is N#Cc1ccc(N2CCN(C(=O)C[C@@H]3CC[C@H](COc4cn[nH]c(=O)c4C(F)(F)F)O3)CC2)nc1. The summed E-state index contributed by atoms with van der Waals surface area (Å²) in [5.74, 6) is 0.0449. The largest absolute Gasteiger partial charge is 0.488 e. The van der Waals surface area contributed by atoms with Crippen LogP contribution in [0.25, 0.3) is 0 Å². The van der Waals surface area contributed by atoms with Gasteiger partial charge in [0.25, 0.3) is 5.56 Å². The molecule has 4 rings (SSSR count). The van der Waals surface area contributed by atoms with Crippen LogP contribution in [0.15, 0.2) is 29.3 Å². The Bertz CT molecular complexity index is 1140. The molecule has 2 atom stereocenters. The van der Waals surface area contributed by atoms with Crippen LogP contribution >= 0.6 is 0 Å². The summed E-state index contributed by atoms with van der Waals surface area (Å²) in [4.78, 5) is 32.3. The molecule has 13 heteroatoms. The van der Waals surface area contributed by atoms with Crippen molar-refractivity contribution in [3.05, 3.63) is 46.0 Å². The maximum Gasteiger partial charge on any atom is 0.425 e. The van der Waals surface area contributed by atoms with Crippen molar-refractivity contribution >= 4 is 11.7 Å². The summed E-state index contributed by atoms with van der Waals surface area (Å²) in [6.07, 6.45) is -2.12. The van der Waals surface area contributed by atoms with Crippen molar-refractivity contribution in [2.75, 3.05) is 37.7 Å². The Morgan fingerprint density at radius 3 is 2.60 bits per heavy atom. The van der Waals surface area contributed by atoms with Gasteiger partial charge < -0.3 is 19.3 Å². The summed E-state index contributed by atoms with van der Waals surface area (Å²) in [5.41, 5.74) is -2.33. The van der Waals surface area contributed by atoms with Crippen LogP contribution < -0.4 is 15.2 Å². The number of alkyl halides is 3. The van der Waals surface area contributed by atoms with Crippen LogP contribution in [0, 0.1) is 11.3 Å². The number of piperazine rings is 1. The fourth-order valence-corrected chi connectivity index (χ4v) is 4.14. The number of halogens is 3. The lowest BCUT2D eigenvalue weighted by Crippen LogP contribution is -2.49. The number of aromatic nitrogens is 3. The van der Waals surface area contributed by atoms with Crippen LogP contribution in [0.1, 0.15) is 30.4 Å².